The lowest BCUT2D eigenvalue weighted by Crippen LogP contribution is -2.29. The second-order valence-corrected chi connectivity index (χ2v) is 14.3. The summed E-state index contributed by atoms with van der Waals surface area (Å²) in [5, 5.41) is 2.53. The molecule has 1 aliphatic rings. The average Bonchev–Trinajstić information content (AvgIpc) is 3.70. The molecule has 0 N–H and O–H groups in total. The highest BCUT2D eigenvalue weighted by Gasteiger charge is 2.47. The number of nitrogens with zero attached hydrogens (tertiary/aromatic N) is 2. The molecule has 252 valence electrons. The highest BCUT2D eigenvalue weighted by atomic mass is 15.1. The SMILES string of the molecule is Cc1ccc(C2(c3ccc(C)cc3)c3cc(N(c4ccccc4)c4ccccc4)ccc3-c3c(-n4c5ccccc5c5ccccc54)cccc32)cc1. The van der Waals surface area contributed by atoms with Crippen LogP contribution in [0.25, 0.3) is 38.6 Å². The Morgan fingerprint density at radius 3 is 1.47 bits per heavy atom. The van der Waals surface area contributed by atoms with Gasteiger partial charge in [0.25, 0.3) is 0 Å². The number of fused-ring (bicyclic) bond motifs is 6. The van der Waals surface area contributed by atoms with Crippen molar-refractivity contribution in [3.8, 4) is 16.8 Å². The van der Waals surface area contributed by atoms with Gasteiger partial charge in [0.05, 0.1) is 22.1 Å². The van der Waals surface area contributed by atoms with Crippen LogP contribution < -0.4 is 4.90 Å². The normalized spacial score (nSPS) is 12.9. The number of hydrogen-bond acceptors (Lipinski definition) is 1. The molecule has 0 fully saturated rings. The van der Waals surface area contributed by atoms with Crippen LogP contribution in [0.15, 0.2) is 194 Å². The number of hydrogen-bond donors (Lipinski definition) is 0. The first-order valence-corrected chi connectivity index (χ1v) is 18.4. The van der Waals surface area contributed by atoms with Gasteiger partial charge in [0.2, 0.25) is 0 Å². The Kier molecular flexibility index (Phi) is 7.19. The quantitative estimate of drug-likeness (QED) is 0.170. The predicted octanol–water partition coefficient (Wildman–Crippen LogP) is 13.2. The predicted molar refractivity (Wildman–Crippen MR) is 222 cm³/mol. The summed E-state index contributed by atoms with van der Waals surface area (Å²) >= 11 is 0. The second kappa shape index (κ2) is 12.3. The van der Waals surface area contributed by atoms with Crippen molar-refractivity contribution in [2.75, 3.05) is 4.90 Å². The molecule has 8 aromatic carbocycles. The largest absolute Gasteiger partial charge is 0.310 e. The maximum atomic E-state index is 2.49. The van der Waals surface area contributed by atoms with Gasteiger partial charge >= 0.3 is 0 Å². The van der Waals surface area contributed by atoms with Gasteiger partial charge in [-0.2, -0.15) is 0 Å². The van der Waals surface area contributed by atoms with Crippen molar-refractivity contribution in [3.63, 3.8) is 0 Å². The van der Waals surface area contributed by atoms with Crippen LogP contribution in [0.2, 0.25) is 0 Å². The minimum Gasteiger partial charge on any atom is -0.310 e. The van der Waals surface area contributed by atoms with Gasteiger partial charge in [0.15, 0.2) is 0 Å². The van der Waals surface area contributed by atoms with E-state index in [9.17, 15) is 0 Å². The molecule has 0 saturated heterocycles. The number of aryl methyl sites for hydroxylation is 2. The summed E-state index contributed by atoms with van der Waals surface area (Å²) in [6, 6.07) is 71.7. The molecule has 1 heterocycles. The van der Waals surface area contributed by atoms with E-state index in [4.69, 9.17) is 0 Å². The molecular formula is C51H38N2. The Hall–Kier alpha value is -6.64. The monoisotopic (exact) mass is 678 g/mol. The number of benzene rings is 8. The zero-order chi connectivity index (χ0) is 35.5. The molecule has 0 atom stereocenters. The van der Waals surface area contributed by atoms with E-state index in [-0.39, 0.29) is 0 Å². The molecule has 0 unspecified atom stereocenters. The van der Waals surface area contributed by atoms with Crippen LogP contribution in [-0.4, -0.2) is 4.57 Å². The molecule has 0 saturated carbocycles. The summed E-state index contributed by atoms with van der Waals surface area (Å²) in [5.41, 5.74) is 16.5. The number of para-hydroxylation sites is 4. The van der Waals surface area contributed by atoms with Crippen molar-refractivity contribution < 1.29 is 0 Å². The third kappa shape index (κ3) is 4.72. The van der Waals surface area contributed by atoms with Gasteiger partial charge in [-0.3, -0.25) is 0 Å². The molecule has 1 aliphatic carbocycles. The van der Waals surface area contributed by atoms with Gasteiger partial charge in [-0.1, -0.05) is 151 Å². The first-order chi connectivity index (χ1) is 26.1. The summed E-state index contributed by atoms with van der Waals surface area (Å²) in [4.78, 5) is 2.38. The van der Waals surface area contributed by atoms with Crippen LogP contribution in [0.1, 0.15) is 33.4 Å². The van der Waals surface area contributed by atoms with E-state index in [1.807, 2.05) is 0 Å². The molecule has 0 aliphatic heterocycles. The van der Waals surface area contributed by atoms with E-state index in [2.05, 4.69) is 217 Å². The van der Waals surface area contributed by atoms with E-state index in [0.717, 1.165) is 17.1 Å². The number of rotatable bonds is 6. The molecule has 10 rings (SSSR count). The maximum absolute atomic E-state index is 2.49. The lowest BCUT2D eigenvalue weighted by molar-refractivity contribution is 0.767. The molecule has 0 radical (unpaired) electrons. The van der Waals surface area contributed by atoms with E-state index in [1.54, 1.807) is 0 Å². The van der Waals surface area contributed by atoms with Crippen LogP contribution in [0.3, 0.4) is 0 Å². The van der Waals surface area contributed by atoms with Crippen molar-refractivity contribution in [2.24, 2.45) is 0 Å². The van der Waals surface area contributed by atoms with Crippen LogP contribution in [0, 0.1) is 13.8 Å². The zero-order valence-corrected chi connectivity index (χ0v) is 29.9. The van der Waals surface area contributed by atoms with Crippen LogP contribution in [0.5, 0.6) is 0 Å². The average molecular weight is 679 g/mol. The summed E-state index contributed by atoms with van der Waals surface area (Å²) < 4.78 is 2.49. The molecule has 1 aromatic heterocycles. The minimum atomic E-state index is -0.574. The van der Waals surface area contributed by atoms with E-state index in [0.29, 0.717) is 0 Å². The summed E-state index contributed by atoms with van der Waals surface area (Å²) in [5.74, 6) is 0. The Labute approximate surface area is 310 Å². The summed E-state index contributed by atoms with van der Waals surface area (Å²) in [6.45, 7) is 4.35. The standard InChI is InChI=1S/C51H38N2/c1-35-24-28-37(29-25-35)51(38-30-26-36(2)27-31-38)45-20-13-23-49(53-47-21-11-9-18-42(47)43-19-10-12-22-48(43)53)50(45)44-33-32-41(34-46(44)51)52(39-14-5-3-6-15-39)40-16-7-4-8-17-40/h3-34H,1-2H3. The third-order valence-corrected chi connectivity index (χ3v) is 11.2. The highest BCUT2D eigenvalue weighted by Crippen LogP contribution is 2.59. The second-order valence-electron chi connectivity index (χ2n) is 14.3. The fraction of sp³-hybridized carbons (Fsp3) is 0.0588. The Balaban J connectivity index is 1.34. The topological polar surface area (TPSA) is 8.17 Å². The Morgan fingerprint density at radius 1 is 0.415 bits per heavy atom. The molecule has 53 heavy (non-hydrogen) atoms. The molecule has 0 amide bonds. The van der Waals surface area contributed by atoms with Crippen LogP contribution in [-0.2, 0) is 5.41 Å². The molecule has 2 nitrogen and oxygen atoms in total. The van der Waals surface area contributed by atoms with Crippen molar-refractivity contribution in [1.82, 2.24) is 4.57 Å². The first-order valence-electron chi connectivity index (χ1n) is 18.4. The zero-order valence-electron chi connectivity index (χ0n) is 29.9. The fourth-order valence-electron chi connectivity index (χ4n) is 8.85. The Bertz CT molecular complexity index is 2640. The molecule has 0 bridgehead atoms. The van der Waals surface area contributed by atoms with E-state index < -0.39 is 5.41 Å². The van der Waals surface area contributed by atoms with Crippen molar-refractivity contribution in [3.05, 3.63) is 228 Å². The number of anilines is 3. The van der Waals surface area contributed by atoms with Gasteiger partial charge in [-0.25, -0.2) is 0 Å². The summed E-state index contributed by atoms with van der Waals surface area (Å²) in [6.07, 6.45) is 0. The van der Waals surface area contributed by atoms with Gasteiger partial charge < -0.3 is 9.47 Å². The van der Waals surface area contributed by atoms with E-state index >= 15 is 0 Å². The van der Waals surface area contributed by atoms with E-state index in [1.165, 1.54) is 72.0 Å². The number of aromatic nitrogens is 1. The summed E-state index contributed by atoms with van der Waals surface area (Å²) in [7, 11) is 0. The maximum Gasteiger partial charge on any atom is 0.0715 e. The lowest BCUT2D eigenvalue weighted by Gasteiger charge is -2.35. The fourth-order valence-corrected chi connectivity index (χ4v) is 8.85. The Morgan fingerprint density at radius 2 is 0.925 bits per heavy atom. The third-order valence-electron chi connectivity index (χ3n) is 11.2. The lowest BCUT2D eigenvalue weighted by atomic mass is 9.67. The first kappa shape index (κ1) is 31.1. The van der Waals surface area contributed by atoms with Gasteiger partial charge in [0, 0.05) is 33.4 Å². The van der Waals surface area contributed by atoms with Crippen molar-refractivity contribution in [1.29, 1.82) is 0 Å². The van der Waals surface area contributed by atoms with Gasteiger partial charge in [0.1, 0.15) is 0 Å². The van der Waals surface area contributed by atoms with Crippen molar-refractivity contribution >= 4 is 38.9 Å². The molecule has 2 heteroatoms. The molecule has 0 spiro atoms. The minimum absolute atomic E-state index is 0.574. The van der Waals surface area contributed by atoms with Crippen LogP contribution >= 0.6 is 0 Å². The highest BCUT2D eigenvalue weighted by molar-refractivity contribution is 6.10. The van der Waals surface area contributed by atoms with Gasteiger partial charge in [-0.15, -0.1) is 0 Å². The molecule has 9 aromatic rings. The van der Waals surface area contributed by atoms with Crippen molar-refractivity contribution in [2.45, 2.75) is 19.3 Å². The smallest absolute Gasteiger partial charge is 0.0715 e. The van der Waals surface area contributed by atoms with Gasteiger partial charge in [-0.05, 0) is 96.3 Å². The molecular weight excluding hydrogens is 641 g/mol. The van der Waals surface area contributed by atoms with Crippen LogP contribution in [0.4, 0.5) is 17.1 Å².